The van der Waals surface area contributed by atoms with E-state index in [1.165, 1.54) is 16.0 Å². The topological polar surface area (TPSA) is 95.6 Å². The van der Waals surface area contributed by atoms with Crippen molar-refractivity contribution in [2.24, 2.45) is 0 Å². The van der Waals surface area contributed by atoms with E-state index in [1.54, 1.807) is 0 Å². The smallest absolute Gasteiger partial charge is 0.332 e. The number of benzene rings is 1. The van der Waals surface area contributed by atoms with Crippen molar-refractivity contribution in [3.8, 4) is 0 Å². The molecule has 2 N–H and O–H groups in total. The van der Waals surface area contributed by atoms with Gasteiger partial charge in [-0.2, -0.15) is 0 Å². The minimum atomic E-state index is -4.09. The summed E-state index contributed by atoms with van der Waals surface area (Å²) in [6, 6.07) is 1.20. The van der Waals surface area contributed by atoms with Crippen LogP contribution in [-0.4, -0.2) is 43.1 Å². The van der Waals surface area contributed by atoms with E-state index in [9.17, 15) is 18.0 Å². The molecule has 0 bridgehead atoms. The number of fused-ring (bicyclic) bond motifs is 2. The van der Waals surface area contributed by atoms with Crippen molar-refractivity contribution >= 4 is 27.6 Å². The molecule has 0 atom stereocenters. The van der Waals surface area contributed by atoms with Crippen molar-refractivity contribution in [3.63, 3.8) is 0 Å². The molecule has 160 valence electrons. The lowest BCUT2D eigenvalue weighted by Gasteiger charge is -2.30. The zero-order chi connectivity index (χ0) is 21.3. The van der Waals surface area contributed by atoms with Gasteiger partial charge in [0.1, 0.15) is 5.75 Å². The number of nitrogens with zero attached hydrogens (tertiary/aromatic N) is 1. The van der Waals surface area contributed by atoms with Gasteiger partial charge in [0.25, 0.3) is 0 Å². The maximum absolute atomic E-state index is 12.5. The molecule has 0 heterocycles. The average molecular weight is 422 g/mol. The Morgan fingerprint density at radius 2 is 1.48 bits per heavy atom. The minimum Gasteiger partial charge on any atom is -0.337 e. The molecule has 3 rings (SSSR count). The number of carbonyl (C=O) groups is 2. The molecule has 2 aliphatic carbocycles. The van der Waals surface area contributed by atoms with Gasteiger partial charge in [0.05, 0.1) is 0 Å². The normalized spacial score (nSPS) is 15.4. The van der Waals surface area contributed by atoms with E-state index in [-0.39, 0.29) is 12.1 Å². The molecule has 0 unspecified atom stereocenters. The molecule has 0 fully saturated rings. The Hall–Kier alpha value is -2.09. The third-order valence-electron chi connectivity index (χ3n) is 5.67. The van der Waals surface area contributed by atoms with Crippen LogP contribution >= 0.6 is 0 Å². The number of rotatable bonds is 6. The molecule has 1 aromatic carbocycles. The van der Waals surface area contributed by atoms with Gasteiger partial charge >= 0.3 is 6.03 Å². The summed E-state index contributed by atoms with van der Waals surface area (Å²) < 4.78 is 26.9. The fraction of sp³-hybridized carbons (Fsp3) is 0.619. The lowest BCUT2D eigenvalue weighted by atomic mass is 9.99. The van der Waals surface area contributed by atoms with Gasteiger partial charge < -0.3 is 10.2 Å². The van der Waals surface area contributed by atoms with Crippen LogP contribution < -0.4 is 10.0 Å². The van der Waals surface area contributed by atoms with Crippen LogP contribution in [0, 0.1) is 0 Å². The third kappa shape index (κ3) is 4.74. The van der Waals surface area contributed by atoms with E-state index in [0.29, 0.717) is 0 Å². The summed E-state index contributed by atoms with van der Waals surface area (Å²) in [5, 5.41) is 2.79. The maximum atomic E-state index is 12.5. The van der Waals surface area contributed by atoms with E-state index in [4.69, 9.17) is 0 Å². The maximum Gasteiger partial charge on any atom is 0.332 e. The van der Waals surface area contributed by atoms with Crippen LogP contribution in [0.3, 0.4) is 0 Å². The molecule has 0 radical (unpaired) electrons. The number of aryl methyl sites for hydroxylation is 2. The predicted octanol–water partition coefficient (Wildman–Crippen LogP) is 2.76. The number of hydrogen-bond donors (Lipinski definition) is 2. The molecule has 29 heavy (non-hydrogen) atoms. The Kier molecular flexibility index (Phi) is 6.22. The highest BCUT2D eigenvalue weighted by molar-refractivity contribution is 7.90. The molecule has 0 aliphatic heterocycles. The first-order valence-corrected chi connectivity index (χ1v) is 12.0. The number of hydrogen-bond acceptors (Lipinski definition) is 4. The van der Waals surface area contributed by atoms with Crippen molar-refractivity contribution in [2.75, 3.05) is 11.1 Å². The first kappa shape index (κ1) is 21.6. The second-order valence-corrected chi connectivity index (χ2v) is 10.3. The van der Waals surface area contributed by atoms with E-state index in [1.807, 2.05) is 32.4 Å². The highest BCUT2D eigenvalue weighted by Gasteiger charge is 2.29. The summed E-state index contributed by atoms with van der Waals surface area (Å²) in [6.45, 7) is 7.34. The van der Waals surface area contributed by atoms with Crippen LogP contribution in [0.5, 0.6) is 0 Å². The molecule has 8 heteroatoms. The van der Waals surface area contributed by atoms with Gasteiger partial charge in [0, 0.05) is 17.8 Å². The summed E-state index contributed by atoms with van der Waals surface area (Å²) >= 11 is 0. The van der Waals surface area contributed by atoms with Crippen molar-refractivity contribution < 1.29 is 18.0 Å². The van der Waals surface area contributed by atoms with Crippen LogP contribution in [0.4, 0.5) is 10.5 Å². The quantitative estimate of drug-likeness (QED) is 0.738. The minimum absolute atomic E-state index is 0.124. The van der Waals surface area contributed by atoms with E-state index in [2.05, 4.69) is 11.4 Å². The van der Waals surface area contributed by atoms with Crippen LogP contribution in [0.25, 0.3) is 0 Å². The van der Waals surface area contributed by atoms with Crippen molar-refractivity contribution in [1.29, 1.82) is 0 Å². The number of amides is 3. The van der Waals surface area contributed by atoms with Gasteiger partial charge in [-0.15, -0.1) is 0 Å². The average Bonchev–Trinajstić information content (AvgIpc) is 3.21. The first-order valence-electron chi connectivity index (χ1n) is 10.4. The first-order chi connectivity index (χ1) is 13.6. The number of sulfonamides is 1. The molecular formula is C21H31N3O4S. The van der Waals surface area contributed by atoms with E-state index >= 15 is 0 Å². The molecule has 3 amide bonds. The summed E-state index contributed by atoms with van der Waals surface area (Å²) in [5.74, 6) is -1.27. The van der Waals surface area contributed by atoms with Gasteiger partial charge in [-0.1, -0.05) is 6.07 Å². The Balaban J connectivity index is 1.72. The highest BCUT2D eigenvalue weighted by atomic mass is 32.2. The summed E-state index contributed by atoms with van der Waals surface area (Å²) in [5.41, 5.74) is 5.53. The van der Waals surface area contributed by atoms with Gasteiger partial charge in [0.15, 0.2) is 0 Å². The summed E-state index contributed by atoms with van der Waals surface area (Å²) in [4.78, 5) is 26.5. The fourth-order valence-electron chi connectivity index (χ4n) is 4.69. The van der Waals surface area contributed by atoms with Crippen molar-refractivity contribution in [2.45, 2.75) is 78.3 Å². The Labute approximate surface area is 173 Å². The van der Waals surface area contributed by atoms with Crippen LogP contribution in [-0.2, 0) is 40.5 Å². The SMILES string of the molecule is CC(C)N(C(=O)CS(=O)(=O)NC(=O)Nc1c2c(cc3c1CCC3)CCC2)C(C)C. The highest BCUT2D eigenvalue weighted by Crippen LogP contribution is 2.38. The zero-order valence-electron chi connectivity index (χ0n) is 17.7. The standard InChI is InChI=1S/C21H31N3O4S/c1-13(2)24(14(3)4)19(25)12-29(27,28)23-21(26)22-20-17-9-5-7-15(17)11-16-8-6-10-18(16)20/h11,13-14H,5-10,12H2,1-4H3,(H2,22,23,26). The van der Waals surface area contributed by atoms with Crippen molar-refractivity contribution in [3.05, 3.63) is 28.3 Å². The second kappa shape index (κ2) is 8.34. The van der Waals surface area contributed by atoms with Crippen molar-refractivity contribution in [1.82, 2.24) is 9.62 Å². The van der Waals surface area contributed by atoms with Gasteiger partial charge in [-0.05, 0) is 88.5 Å². The molecule has 0 saturated heterocycles. The fourth-order valence-corrected chi connectivity index (χ4v) is 5.57. The molecule has 1 aromatic rings. The molecular weight excluding hydrogens is 390 g/mol. The molecule has 0 saturated carbocycles. The van der Waals surface area contributed by atoms with Crippen LogP contribution in [0.1, 0.15) is 62.8 Å². The number of carbonyl (C=O) groups excluding carboxylic acids is 2. The monoisotopic (exact) mass is 421 g/mol. The van der Waals surface area contributed by atoms with Gasteiger partial charge in [0.2, 0.25) is 15.9 Å². The number of anilines is 1. The lowest BCUT2D eigenvalue weighted by Crippen LogP contribution is -2.47. The summed E-state index contributed by atoms with van der Waals surface area (Å²) in [6.07, 6.45) is 5.85. The number of urea groups is 1. The second-order valence-electron chi connectivity index (χ2n) is 8.54. The van der Waals surface area contributed by atoms with E-state index in [0.717, 1.165) is 55.3 Å². The van der Waals surface area contributed by atoms with Crippen LogP contribution in [0.15, 0.2) is 6.07 Å². The molecule has 7 nitrogen and oxygen atoms in total. The van der Waals surface area contributed by atoms with Crippen LogP contribution in [0.2, 0.25) is 0 Å². The largest absolute Gasteiger partial charge is 0.337 e. The van der Waals surface area contributed by atoms with Gasteiger partial charge in [-0.25, -0.2) is 17.9 Å². The lowest BCUT2D eigenvalue weighted by molar-refractivity contribution is -0.131. The predicted molar refractivity (Wildman–Crippen MR) is 114 cm³/mol. The summed E-state index contributed by atoms with van der Waals surface area (Å²) in [7, 11) is -4.09. The molecule has 2 aliphatic rings. The Morgan fingerprint density at radius 1 is 0.966 bits per heavy atom. The third-order valence-corrected chi connectivity index (χ3v) is 6.80. The molecule has 0 aromatic heterocycles. The Bertz CT molecular complexity index is 882. The molecule has 0 spiro atoms. The zero-order valence-corrected chi connectivity index (χ0v) is 18.5. The number of nitrogens with one attached hydrogen (secondary N) is 2. The van der Waals surface area contributed by atoms with Gasteiger partial charge in [-0.3, -0.25) is 4.79 Å². The van der Waals surface area contributed by atoms with E-state index < -0.39 is 27.7 Å². The Morgan fingerprint density at radius 3 is 1.97 bits per heavy atom.